The van der Waals surface area contributed by atoms with Gasteiger partial charge in [0.15, 0.2) is 0 Å². The molecule has 1 aliphatic heterocycles. The van der Waals surface area contributed by atoms with Crippen molar-refractivity contribution >= 4 is 22.8 Å². The fraction of sp³-hybridized carbons (Fsp3) is 0.474. The molecular formula is C19H22N2O3. The number of carbonyl (C=O) groups excluding carboxylic acids is 2. The number of nitrogens with two attached hydrogens (primary N) is 1. The van der Waals surface area contributed by atoms with Gasteiger partial charge >= 0.3 is 0 Å². The zero-order valence-electron chi connectivity index (χ0n) is 13.8. The molecule has 5 nitrogen and oxygen atoms in total. The van der Waals surface area contributed by atoms with E-state index in [1.807, 2.05) is 18.2 Å². The first-order chi connectivity index (χ1) is 11.6. The Labute approximate surface area is 140 Å². The minimum Gasteiger partial charge on any atom is -0.463 e. The van der Waals surface area contributed by atoms with Crippen LogP contribution in [0.15, 0.2) is 28.9 Å². The standard InChI is InChI=1S/C19H22N2O3/c1-2-11-6-7-16-14(8-11)15(10-24-16)19(23)21-9-12-4-3-5-13(12)17(21)18(20)22/h6-8,10,12-13,17H,2-5,9H2,1H3,(H2,20,22)/t12-,13+,17-/m0/s1. The first-order valence-electron chi connectivity index (χ1n) is 8.70. The van der Waals surface area contributed by atoms with Crippen molar-refractivity contribution in [2.75, 3.05) is 6.54 Å². The van der Waals surface area contributed by atoms with E-state index in [2.05, 4.69) is 6.92 Å². The van der Waals surface area contributed by atoms with Crippen molar-refractivity contribution in [1.29, 1.82) is 0 Å². The number of benzene rings is 1. The summed E-state index contributed by atoms with van der Waals surface area (Å²) in [4.78, 5) is 26.8. The average Bonchev–Trinajstić information content (AvgIpc) is 3.26. The van der Waals surface area contributed by atoms with Crippen LogP contribution in [0.25, 0.3) is 11.0 Å². The van der Waals surface area contributed by atoms with Crippen molar-refractivity contribution in [2.24, 2.45) is 17.6 Å². The summed E-state index contributed by atoms with van der Waals surface area (Å²) in [5.41, 5.74) is 8.03. The van der Waals surface area contributed by atoms with Crippen LogP contribution in [0, 0.1) is 11.8 Å². The SMILES string of the molecule is CCc1ccc2occ(C(=O)N3C[C@@H]4CCC[C@H]4[C@H]3C(N)=O)c2c1. The lowest BCUT2D eigenvalue weighted by Gasteiger charge is -2.24. The summed E-state index contributed by atoms with van der Waals surface area (Å²) in [6.45, 7) is 2.70. The Balaban J connectivity index is 1.72. The highest BCUT2D eigenvalue weighted by Gasteiger charge is 2.49. The molecule has 0 bridgehead atoms. The molecule has 5 heteroatoms. The maximum absolute atomic E-state index is 13.1. The summed E-state index contributed by atoms with van der Waals surface area (Å²) in [5.74, 6) is 0.0895. The molecule has 24 heavy (non-hydrogen) atoms. The molecule has 4 rings (SSSR count). The smallest absolute Gasteiger partial charge is 0.258 e. The predicted octanol–water partition coefficient (Wildman–Crippen LogP) is 2.72. The van der Waals surface area contributed by atoms with Crippen LogP contribution in [-0.2, 0) is 11.2 Å². The van der Waals surface area contributed by atoms with Gasteiger partial charge in [-0.3, -0.25) is 9.59 Å². The van der Waals surface area contributed by atoms with Gasteiger partial charge in [0.05, 0.1) is 5.56 Å². The summed E-state index contributed by atoms with van der Waals surface area (Å²) in [7, 11) is 0. The van der Waals surface area contributed by atoms with Crippen LogP contribution in [-0.4, -0.2) is 29.3 Å². The third-order valence-electron chi connectivity index (χ3n) is 5.72. The molecule has 126 valence electrons. The van der Waals surface area contributed by atoms with Crippen molar-refractivity contribution in [3.8, 4) is 0 Å². The lowest BCUT2D eigenvalue weighted by Crippen LogP contribution is -2.46. The second kappa shape index (κ2) is 5.65. The molecule has 2 aromatic rings. The molecular weight excluding hydrogens is 304 g/mol. The van der Waals surface area contributed by atoms with E-state index < -0.39 is 6.04 Å². The molecule has 1 aromatic carbocycles. The second-order valence-electron chi connectivity index (χ2n) is 6.99. The molecule has 2 fully saturated rings. The normalized spacial score (nSPS) is 26.0. The number of aryl methyl sites for hydroxylation is 1. The Morgan fingerprint density at radius 2 is 2.17 bits per heavy atom. The number of nitrogens with zero attached hydrogens (tertiary/aromatic N) is 1. The highest BCUT2D eigenvalue weighted by molar-refractivity contribution is 6.07. The Hall–Kier alpha value is -2.30. The van der Waals surface area contributed by atoms with Crippen molar-refractivity contribution in [3.63, 3.8) is 0 Å². The average molecular weight is 326 g/mol. The summed E-state index contributed by atoms with van der Waals surface area (Å²) in [5, 5.41) is 0.819. The van der Waals surface area contributed by atoms with Crippen molar-refractivity contribution in [1.82, 2.24) is 4.90 Å². The molecule has 1 aromatic heterocycles. The van der Waals surface area contributed by atoms with E-state index >= 15 is 0 Å². The summed E-state index contributed by atoms with van der Waals surface area (Å²) >= 11 is 0. The van der Waals surface area contributed by atoms with Gasteiger partial charge in [0.2, 0.25) is 5.91 Å². The van der Waals surface area contributed by atoms with Gasteiger partial charge in [0, 0.05) is 11.9 Å². The van der Waals surface area contributed by atoms with Gasteiger partial charge in [-0.1, -0.05) is 19.4 Å². The van der Waals surface area contributed by atoms with Gasteiger partial charge in [0.25, 0.3) is 5.91 Å². The van der Waals surface area contributed by atoms with Crippen molar-refractivity contribution < 1.29 is 14.0 Å². The number of furan rings is 1. The summed E-state index contributed by atoms with van der Waals surface area (Å²) in [6, 6.07) is 5.42. The Morgan fingerprint density at radius 1 is 1.33 bits per heavy atom. The highest BCUT2D eigenvalue weighted by Crippen LogP contribution is 2.43. The maximum Gasteiger partial charge on any atom is 0.258 e. The first-order valence-corrected chi connectivity index (χ1v) is 8.70. The van der Waals surface area contributed by atoms with Crippen LogP contribution < -0.4 is 5.73 Å². The second-order valence-corrected chi connectivity index (χ2v) is 6.99. The summed E-state index contributed by atoms with van der Waals surface area (Å²) < 4.78 is 5.56. The Kier molecular flexibility index (Phi) is 3.59. The van der Waals surface area contributed by atoms with E-state index in [-0.39, 0.29) is 17.7 Å². The molecule has 1 saturated carbocycles. The van der Waals surface area contributed by atoms with Crippen LogP contribution in [0.1, 0.15) is 42.1 Å². The van der Waals surface area contributed by atoms with E-state index in [1.54, 1.807) is 4.90 Å². The molecule has 2 amide bonds. The van der Waals surface area contributed by atoms with E-state index in [0.717, 1.165) is 36.6 Å². The van der Waals surface area contributed by atoms with Crippen LogP contribution in [0.2, 0.25) is 0 Å². The summed E-state index contributed by atoms with van der Waals surface area (Å²) in [6.07, 6.45) is 5.58. The maximum atomic E-state index is 13.1. The molecule has 2 aliphatic rings. The highest BCUT2D eigenvalue weighted by atomic mass is 16.3. The van der Waals surface area contributed by atoms with Gasteiger partial charge in [0.1, 0.15) is 17.9 Å². The van der Waals surface area contributed by atoms with Crippen LogP contribution in [0.5, 0.6) is 0 Å². The number of primary amides is 1. The molecule has 3 atom stereocenters. The molecule has 0 radical (unpaired) electrons. The van der Waals surface area contributed by atoms with E-state index in [4.69, 9.17) is 10.2 Å². The van der Waals surface area contributed by atoms with Gasteiger partial charge in [-0.2, -0.15) is 0 Å². The molecule has 1 saturated heterocycles. The molecule has 0 unspecified atom stereocenters. The molecule has 2 N–H and O–H groups in total. The molecule has 2 heterocycles. The number of amides is 2. The number of likely N-dealkylation sites (tertiary alicyclic amines) is 1. The number of rotatable bonds is 3. The van der Waals surface area contributed by atoms with E-state index in [9.17, 15) is 9.59 Å². The quantitative estimate of drug-likeness (QED) is 0.942. The van der Waals surface area contributed by atoms with Crippen LogP contribution >= 0.6 is 0 Å². The number of carbonyl (C=O) groups is 2. The predicted molar refractivity (Wildman–Crippen MR) is 90.4 cm³/mol. The minimum atomic E-state index is -0.482. The third-order valence-corrected chi connectivity index (χ3v) is 5.72. The fourth-order valence-electron chi connectivity index (χ4n) is 4.50. The van der Waals surface area contributed by atoms with E-state index in [0.29, 0.717) is 23.6 Å². The zero-order chi connectivity index (χ0) is 16.8. The zero-order valence-corrected chi connectivity index (χ0v) is 13.8. The molecule has 1 aliphatic carbocycles. The van der Waals surface area contributed by atoms with Crippen molar-refractivity contribution in [2.45, 2.75) is 38.6 Å². The van der Waals surface area contributed by atoms with Crippen LogP contribution in [0.4, 0.5) is 0 Å². The van der Waals surface area contributed by atoms with Gasteiger partial charge in [-0.05, 0) is 48.8 Å². The Morgan fingerprint density at radius 3 is 2.92 bits per heavy atom. The van der Waals surface area contributed by atoms with Gasteiger partial charge in [-0.25, -0.2) is 0 Å². The number of hydrogen-bond donors (Lipinski definition) is 1. The topological polar surface area (TPSA) is 76.5 Å². The Bertz CT molecular complexity index is 810. The fourth-order valence-corrected chi connectivity index (χ4v) is 4.50. The number of fused-ring (bicyclic) bond motifs is 2. The lowest BCUT2D eigenvalue weighted by molar-refractivity contribution is -0.122. The third kappa shape index (κ3) is 2.22. The number of hydrogen-bond acceptors (Lipinski definition) is 3. The first kappa shape index (κ1) is 15.2. The minimum absolute atomic E-state index is 0.139. The van der Waals surface area contributed by atoms with E-state index in [1.165, 1.54) is 6.26 Å². The molecule has 0 spiro atoms. The van der Waals surface area contributed by atoms with Crippen molar-refractivity contribution in [3.05, 3.63) is 35.6 Å². The lowest BCUT2D eigenvalue weighted by atomic mass is 9.93. The largest absolute Gasteiger partial charge is 0.463 e. The monoisotopic (exact) mass is 326 g/mol. The van der Waals surface area contributed by atoms with Crippen LogP contribution in [0.3, 0.4) is 0 Å². The van der Waals surface area contributed by atoms with Gasteiger partial charge in [-0.15, -0.1) is 0 Å². The van der Waals surface area contributed by atoms with Gasteiger partial charge < -0.3 is 15.1 Å².